The summed E-state index contributed by atoms with van der Waals surface area (Å²) in [6.07, 6.45) is 0. The van der Waals surface area contributed by atoms with Crippen LogP contribution in [-0.2, 0) is 14.8 Å². The Morgan fingerprint density at radius 2 is 1.93 bits per heavy atom. The first kappa shape index (κ1) is 20.3. The molecule has 9 heteroatoms. The first-order valence-electron chi connectivity index (χ1n) is 8.52. The lowest BCUT2D eigenvalue weighted by Gasteiger charge is -2.26. The molecule has 0 aromatic heterocycles. The summed E-state index contributed by atoms with van der Waals surface area (Å²) in [6.45, 7) is 2.93. The fourth-order valence-electron chi connectivity index (χ4n) is 2.84. The number of carbonyl (C=O) groups excluding carboxylic acids is 1. The maximum atomic E-state index is 13.0. The third-order valence-corrected chi connectivity index (χ3v) is 6.75. The number of sulfonamides is 1. The first-order chi connectivity index (χ1) is 13.3. The third-order valence-electron chi connectivity index (χ3n) is 4.38. The maximum Gasteiger partial charge on any atom is 0.255 e. The van der Waals surface area contributed by atoms with Crippen LogP contribution < -0.4 is 5.32 Å². The molecular weight excluding hydrogens is 402 g/mol. The molecule has 1 amide bonds. The first-order valence-corrected chi connectivity index (χ1v) is 10.3. The average Bonchev–Trinajstić information content (AvgIpc) is 2.70. The molecule has 7 nitrogen and oxygen atoms in total. The number of amides is 1. The Balaban J connectivity index is 1.88. The zero-order valence-electron chi connectivity index (χ0n) is 15.1. The van der Waals surface area contributed by atoms with Gasteiger partial charge in [-0.1, -0.05) is 17.7 Å². The van der Waals surface area contributed by atoms with Gasteiger partial charge in [-0.05, 0) is 42.8 Å². The second-order valence-corrected chi connectivity index (χ2v) is 8.57. The number of carbonyl (C=O) groups is 1. The molecule has 146 valence electrons. The molecule has 0 aliphatic carbocycles. The van der Waals surface area contributed by atoms with E-state index in [2.05, 4.69) is 5.32 Å². The van der Waals surface area contributed by atoms with Crippen molar-refractivity contribution in [3.05, 3.63) is 58.1 Å². The van der Waals surface area contributed by atoms with Crippen LogP contribution in [0.4, 0.5) is 5.69 Å². The predicted molar refractivity (Wildman–Crippen MR) is 105 cm³/mol. The number of aryl methyl sites for hydroxylation is 1. The van der Waals surface area contributed by atoms with E-state index < -0.39 is 15.9 Å². The average molecular weight is 420 g/mol. The highest BCUT2D eigenvalue weighted by Gasteiger charge is 2.28. The number of benzene rings is 2. The summed E-state index contributed by atoms with van der Waals surface area (Å²) >= 11 is 5.90. The lowest BCUT2D eigenvalue weighted by molar-refractivity contribution is 0.0730. The van der Waals surface area contributed by atoms with Gasteiger partial charge in [-0.25, -0.2) is 8.42 Å². The van der Waals surface area contributed by atoms with Gasteiger partial charge in [0.1, 0.15) is 6.07 Å². The molecular formula is C19H18ClN3O4S. The summed E-state index contributed by atoms with van der Waals surface area (Å²) in [5.41, 5.74) is 1.38. The number of nitrogens with zero attached hydrogens (tertiary/aromatic N) is 2. The number of morpholine rings is 1. The van der Waals surface area contributed by atoms with E-state index in [1.807, 2.05) is 6.07 Å². The van der Waals surface area contributed by atoms with Crippen LogP contribution in [0.15, 0.2) is 41.3 Å². The van der Waals surface area contributed by atoms with Crippen molar-refractivity contribution in [3.63, 3.8) is 0 Å². The molecule has 1 N–H and O–H groups in total. The van der Waals surface area contributed by atoms with Crippen LogP contribution in [0.3, 0.4) is 0 Å². The smallest absolute Gasteiger partial charge is 0.255 e. The van der Waals surface area contributed by atoms with Crippen LogP contribution in [0.2, 0.25) is 5.02 Å². The Labute approximate surface area is 168 Å². The topological polar surface area (TPSA) is 99.5 Å². The summed E-state index contributed by atoms with van der Waals surface area (Å²) < 4.78 is 32.5. The van der Waals surface area contributed by atoms with Gasteiger partial charge in [0.2, 0.25) is 10.0 Å². The van der Waals surface area contributed by atoms with Gasteiger partial charge >= 0.3 is 0 Å². The number of ether oxygens (including phenoxy) is 1. The van der Waals surface area contributed by atoms with Crippen molar-refractivity contribution in [1.82, 2.24) is 4.31 Å². The Bertz CT molecular complexity index is 1060. The number of hydrogen-bond donors (Lipinski definition) is 1. The van der Waals surface area contributed by atoms with Gasteiger partial charge in [-0.2, -0.15) is 9.57 Å². The number of halogens is 1. The van der Waals surface area contributed by atoms with Crippen LogP contribution >= 0.6 is 11.6 Å². The molecule has 1 heterocycles. The fraction of sp³-hybridized carbons (Fsp3) is 0.263. The summed E-state index contributed by atoms with van der Waals surface area (Å²) in [5.74, 6) is -0.482. The van der Waals surface area contributed by atoms with Gasteiger partial charge in [0.15, 0.2) is 0 Å². The van der Waals surface area contributed by atoms with E-state index in [4.69, 9.17) is 21.6 Å². The fourth-order valence-corrected chi connectivity index (χ4v) is 4.66. The van der Waals surface area contributed by atoms with E-state index in [1.165, 1.54) is 22.5 Å². The molecule has 1 aliphatic heterocycles. The minimum Gasteiger partial charge on any atom is -0.379 e. The van der Waals surface area contributed by atoms with Crippen LogP contribution in [0, 0.1) is 18.3 Å². The minimum atomic E-state index is -3.73. The van der Waals surface area contributed by atoms with Gasteiger partial charge < -0.3 is 10.1 Å². The molecule has 0 saturated carbocycles. The molecule has 0 radical (unpaired) electrons. The molecule has 1 aliphatic rings. The van der Waals surface area contributed by atoms with E-state index in [0.29, 0.717) is 24.5 Å². The number of nitrogens with one attached hydrogen (secondary N) is 1. The highest BCUT2D eigenvalue weighted by Crippen LogP contribution is 2.24. The van der Waals surface area contributed by atoms with Gasteiger partial charge in [-0.15, -0.1) is 0 Å². The zero-order chi connectivity index (χ0) is 20.3. The number of hydrogen-bond acceptors (Lipinski definition) is 5. The Morgan fingerprint density at radius 1 is 1.21 bits per heavy atom. The van der Waals surface area contributed by atoms with Crippen molar-refractivity contribution in [1.29, 1.82) is 5.26 Å². The van der Waals surface area contributed by atoms with Crippen LogP contribution in [0.5, 0.6) is 0 Å². The Hall–Kier alpha value is -2.44. The van der Waals surface area contributed by atoms with Crippen molar-refractivity contribution in [2.45, 2.75) is 11.8 Å². The number of rotatable bonds is 4. The lowest BCUT2D eigenvalue weighted by atomic mass is 10.1. The number of nitriles is 1. The van der Waals surface area contributed by atoms with Gasteiger partial charge in [0.25, 0.3) is 5.91 Å². The molecule has 28 heavy (non-hydrogen) atoms. The Morgan fingerprint density at radius 3 is 2.61 bits per heavy atom. The summed E-state index contributed by atoms with van der Waals surface area (Å²) in [4.78, 5) is 12.7. The normalized spacial score (nSPS) is 15.0. The van der Waals surface area contributed by atoms with Gasteiger partial charge in [-0.3, -0.25) is 4.79 Å². The predicted octanol–water partition coefficient (Wildman–Crippen LogP) is 2.79. The molecule has 2 aromatic carbocycles. The van der Waals surface area contributed by atoms with Crippen LogP contribution in [0.1, 0.15) is 21.5 Å². The van der Waals surface area contributed by atoms with Crippen molar-refractivity contribution in [3.8, 4) is 6.07 Å². The molecule has 3 rings (SSSR count). The molecule has 1 fully saturated rings. The quantitative estimate of drug-likeness (QED) is 0.821. The lowest BCUT2D eigenvalue weighted by Crippen LogP contribution is -2.40. The van der Waals surface area contributed by atoms with Crippen molar-refractivity contribution >= 4 is 33.2 Å². The van der Waals surface area contributed by atoms with Crippen LogP contribution in [0.25, 0.3) is 0 Å². The largest absolute Gasteiger partial charge is 0.379 e. The molecule has 0 spiro atoms. The number of anilines is 1. The molecule has 0 atom stereocenters. The highest BCUT2D eigenvalue weighted by molar-refractivity contribution is 7.89. The van der Waals surface area contributed by atoms with Gasteiger partial charge in [0, 0.05) is 24.3 Å². The summed E-state index contributed by atoms with van der Waals surface area (Å²) in [5, 5.41) is 12.0. The van der Waals surface area contributed by atoms with Gasteiger partial charge in [0.05, 0.1) is 28.7 Å². The molecule has 2 aromatic rings. The highest BCUT2D eigenvalue weighted by atomic mass is 35.5. The third kappa shape index (κ3) is 4.18. The SMILES string of the molecule is Cc1ccc(C(=O)Nc2ccc(Cl)c(C#N)c2)cc1S(=O)(=O)N1CCOCC1. The van der Waals surface area contributed by atoms with E-state index in [0.717, 1.165) is 0 Å². The van der Waals surface area contributed by atoms with Crippen molar-refractivity contribution in [2.24, 2.45) is 0 Å². The van der Waals surface area contributed by atoms with E-state index in [1.54, 1.807) is 25.1 Å². The molecule has 0 bridgehead atoms. The zero-order valence-corrected chi connectivity index (χ0v) is 16.7. The minimum absolute atomic E-state index is 0.0934. The summed E-state index contributed by atoms with van der Waals surface area (Å²) in [7, 11) is -3.73. The van der Waals surface area contributed by atoms with Crippen molar-refractivity contribution < 1.29 is 17.9 Å². The molecule has 0 unspecified atom stereocenters. The molecule has 1 saturated heterocycles. The standard InChI is InChI=1S/C19H18ClN3O4S/c1-13-2-3-14(11-18(13)28(25,26)23-6-8-27-9-7-23)19(24)22-16-4-5-17(20)15(10-16)12-21/h2-5,10-11H,6-9H2,1H3,(H,22,24). The summed E-state index contributed by atoms with van der Waals surface area (Å²) in [6, 6.07) is 11.0. The van der Waals surface area contributed by atoms with E-state index in [-0.39, 0.29) is 34.1 Å². The van der Waals surface area contributed by atoms with Crippen molar-refractivity contribution in [2.75, 3.05) is 31.6 Å². The monoisotopic (exact) mass is 419 g/mol. The second-order valence-electron chi connectivity index (χ2n) is 6.26. The van der Waals surface area contributed by atoms with E-state index in [9.17, 15) is 13.2 Å². The van der Waals surface area contributed by atoms with E-state index >= 15 is 0 Å². The maximum absolute atomic E-state index is 13.0. The Kier molecular flexibility index (Phi) is 6.01. The second kappa shape index (κ2) is 8.29. The van der Waals surface area contributed by atoms with Crippen LogP contribution in [-0.4, -0.2) is 44.9 Å².